The molecule has 0 spiro atoms. The Morgan fingerprint density at radius 2 is 1.33 bits per heavy atom. The Balaban J connectivity index is -0.0000000700. The summed E-state index contributed by atoms with van der Waals surface area (Å²) in [7, 11) is 4.19. The second kappa shape index (κ2) is 27.0. The van der Waals surface area contributed by atoms with Crippen LogP contribution in [0.5, 0.6) is 0 Å². The zero-order valence-electron chi connectivity index (χ0n) is 14.9. The van der Waals surface area contributed by atoms with Crippen molar-refractivity contribution in [1.29, 1.82) is 0 Å². The van der Waals surface area contributed by atoms with Crippen LogP contribution in [0.25, 0.3) is 0 Å². The molecular weight excluding hydrogens is 245 g/mol. The van der Waals surface area contributed by atoms with E-state index in [1.165, 1.54) is 0 Å². The van der Waals surface area contributed by atoms with Crippen molar-refractivity contribution in [2.75, 3.05) is 20.6 Å². The van der Waals surface area contributed by atoms with Crippen molar-refractivity contribution < 1.29 is 51.4 Å². The minimum absolute atomic E-state index is 0. The molecular formula is C16H38KN-2. The maximum Gasteiger partial charge on any atom is 1.00 e. The fourth-order valence-corrected chi connectivity index (χ4v) is 0.939. The van der Waals surface area contributed by atoms with Crippen LogP contribution in [-0.2, 0) is 0 Å². The smallest absolute Gasteiger partial charge is 0.346 e. The largest absolute Gasteiger partial charge is 1.00 e. The van der Waals surface area contributed by atoms with Gasteiger partial charge >= 0.3 is 51.4 Å². The molecule has 0 aliphatic rings. The first-order valence-corrected chi connectivity index (χ1v) is 7.04. The van der Waals surface area contributed by atoms with Crippen molar-refractivity contribution in [3.8, 4) is 0 Å². The maximum absolute atomic E-state index is 4.19. The van der Waals surface area contributed by atoms with Gasteiger partial charge in [-0.1, -0.05) is 47.5 Å². The minimum atomic E-state index is 0. The molecule has 0 bridgehead atoms. The van der Waals surface area contributed by atoms with Crippen molar-refractivity contribution in [3.05, 3.63) is 20.8 Å². The summed E-state index contributed by atoms with van der Waals surface area (Å²) in [6.45, 7) is 24.4. The van der Waals surface area contributed by atoms with Gasteiger partial charge in [-0.3, -0.25) is 0 Å². The summed E-state index contributed by atoms with van der Waals surface area (Å²) in [5.41, 5.74) is 0.213. The van der Waals surface area contributed by atoms with Gasteiger partial charge in [-0.2, -0.15) is 12.3 Å². The second-order valence-corrected chi connectivity index (χ2v) is 3.66. The quantitative estimate of drug-likeness (QED) is 0.553. The van der Waals surface area contributed by atoms with Crippen molar-refractivity contribution >= 4 is 0 Å². The molecule has 0 saturated carbocycles. The first-order chi connectivity index (χ1) is 8.04. The van der Waals surface area contributed by atoms with Gasteiger partial charge in [0.25, 0.3) is 0 Å². The fraction of sp³-hybridized carbons (Fsp3) is 0.812. The Hall–Kier alpha value is 1.60. The van der Waals surface area contributed by atoms with E-state index in [0.29, 0.717) is 0 Å². The van der Waals surface area contributed by atoms with Crippen LogP contribution >= 0.6 is 0 Å². The van der Waals surface area contributed by atoms with Gasteiger partial charge in [-0.15, -0.1) is 0 Å². The molecule has 0 aromatic rings. The molecule has 0 rings (SSSR count). The van der Waals surface area contributed by atoms with Crippen LogP contribution in [0.1, 0.15) is 60.8 Å². The molecule has 0 N–H and O–H groups in total. The molecule has 1 unspecified atom stereocenters. The van der Waals surface area contributed by atoms with Crippen LogP contribution in [0.15, 0.2) is 0 Å². The van der Waals surface area contributed by atoms with Crippen LogP contribution in [0.4, 0.5) is 0 Å². The molecule has 1 atom stereocenters. The van der Waals surface area contributed by atoms with E-state index in [9.17, 15) is 0 Å². The van der Waals surface area contributed by atoms with Crippen molar-refractivity contribution in [3.63, 3.8) is 0 Å². The van der Waals surface area contributed by atoms with Crippen LogP contribution < -0.4 is 51.4 Å². The second-order valence-electron chi connectivity index (χ2n) is 3.66. The Kier molecular flexibility index (Phi) is 47.8. The monoisotopic (exact) mass is 283 g/mol. The minimum Gasteiger partial charge on any atom is -0.346 e. The topological polar surface area (TPSA) is 3.24 Å². The SMILES string of the molecule is CC.CC.[CH2-]C.[CH2-]CC([CH2-])(CC)CCN(C)C.[K+]. The molecule has 2 heteroatoms. The summed E-state index contributed by atoms with van der Waals surface area (Å²) >= 11 is 0. The molecule has 0 radical (unpaired) electrons. The van der Waals surface area contributed by atoms with E-state index < -0.39 is 0 Å². The van der Waals surface area contributed by atoms with Gasteiger partial charge in [-0.05, 0) is 20.6 Å². The van der Waals surface area contributed by atoms with Gasteiger partial charge in [0, 0.05) is 0 Å². The first kappa shape index (κ1) is 31.8. The molecule has 0 heterocycles. The molecule has 110 valence electrons. The average Bonchev–Trinajstić information content (AvgIpc) is 2.43. The van der Waals surface area contributed by atoms with Crippen molar-refractivity contribution in [2.45, 2.75) is 60.8 Å². The van der Waals surface area contributed by atoms with E-state index in [1.807, 2.05) is 27.7 Å². The third kappa shape index (κ3) is 26.2. The molecule has 0 aromatic heterocycles. The average molecular weight is 284 g/mol. The van der Waals surface area contributed by atoms with Gasteiger partial charge < -0.3 is 25.7 Å². The molecule has 0 aliphatic heterocycles. The number of nitrogens with zero attached hydrogens (tertiary/aromatic N) is 1. The Morgan fingerprint density at radius 3 is 1.50 bits per heavy atom. The maximum atomic E-state index is 4.19. The molecule has 0 aliphatic carbocycles. The number of rotatable bonds is 5. The van der Waals surface area contributed by atoms with Gasteiger partial charge in [0.1, 0.15) is 0 Å². The van der Waals surface area contributed by atoms with Gasteiger partial charge in [-0.25, -0.2) is 6.42 Å². The molecule has 0 saturated heterocycles. The number of hydrogen-bond donors (Lipinski definition) is 0. The first-order valence-electron chi connectivity index (χ1n) is 7.04. The van der Waals surface area contributed by atoms with E-state index in [4.69, 9.17) is 0 Å². The van der Waals surface area contributed by atoms with Gasteiger partial charge in [0.05, 0.1) is 0 Å². The summed E-state index contributed by atoms with van der Waals surface area (Å²) in [6.07, 6.45) is 3.22. The Morgan fingerprint density at radius 1 is 1.00 bits per heavy atom. The van der Waals surface area contributed by atoms with E-state index in [2.05, 4.69) is 46.7 Å². The van der Waals surface area contributed by atoms with E-state index in [0.717, 1.165) is 25.8 Å². The Bertz CT molecular complexity index is 99.3. The van der Waals surface area contributed by atoms with Crippen molar-refractivity contribution in [1.82, 2.24) is 4.90 Å². The fourth-order valence-electron chi connectivity index (χ4n) is 0.939. The zero-order chi connectivity index (χ0) is 14.9. The number of hydrogen-bond acceptors (Lipinski definition) is 1. The van der Waals surface area contributed by atoms with Crippen molar-refractivity contribution in [2.24, 2.45) is 5.41 Å². The normalized spacial score (nSPS) is 11.3. The third-order valence-electron chi connectivity index (χ3n) is 2.37. The molecule has 18 heavy (non-hydrogen) atoms. The summed E-state index contributed by atoms with van der Waals surface area (Å²) < 4.78 is 0. The third-order valence-corrected chi connectivity index (χ3v) is 2.37. The predicted molar refractivity (Wildman–Crippen MR) is 85.0 cm³/mol. The standard InChI is InChI=1S/C10H21N.2C2H6.C2H5.K/c1-6-10(3,7-2)8-9-11(4)5;3*1-2;/h1,3,6-9H2,2,4-5H3;2*1-2H3;1H2,2H3;/q-2;;;-1;+1. The van der Waals surface area contributed by atoms with E-state index in [-0.39, 0.29) is 56.8 Å². The van der Waals surface area contributed by atoms with Crippen LogP contribution in [-0.4, -0.2) is 25.5 Å². The molecule has 0 amide bonds. The van der Waals surface area contributed by atoms with E-state index in [1.54, 1.807) is 6.92 Å². The van der Waals surface area contributed by atoms with E-state index >= 15 is 0 Å². The zero-order valence-corrected chi connectivity index (χ0v) is 18.0. The predicted octanol–water partition coefficient (Wildman–Crippen LogP) is 2.29. The van der Waals surface area contributed by atoms with Crippen LogP contribution in [0.3, 0.4) is 0 Å². The van der Waals surface area contributed by atoms with Gasteiger partial charge in [0.15, 0.2) is 0 Å². The summed E-state index contributed by atoms with van der Waals surface area (Å²) in [5, 5.41) is 0. The molecule has 1 nitrogen and oxygen atoms in total. The summed E-state index contributed by atoms with van der Waals surface area (Å²) in [4.78, 5) is 2.20. The van der Waals surface area contributed by atoms with Gasteiger partial charge in [0.2, 0.25) is 0 Å². The molecule has 0 fully saturated rings. The van der Waals surface area contributed by atoms with Crippen LogP contribution in [0.2, 0.25) is 0 Å². The molecule has 0 aromatic carbocycles. The summed E-state index contributed by atoms with van der Waals surface area (Å²) in [6, 6.07) is 0. The van der Waals surface area contributed by atoms with Crippen LogP contribution in [0, 0.1) is 26.2 Å². The Labute approximate surface area is 162 Å². The summed E-state index contributed by atoms with van der Waals surface area (Å²) in [5.74, 6) is 0.